The van der Waals surface area contributed by atoms with E-state index in [0.29, 0.717) is 12.1 Å². The summed E-state index contributed by atoms with van der Waals surface area (Å²) in [4.78, 5) is 3.78. The summed E-state index contributed by atoms with van der Waals surface area (Å²) in [5.41, 5.74) is 0. The Morgan fingerprint density at radius 1 is 1.61 bits per heavy atom. The molecule has 102 valence electrons. The van der Waals surface area contributed by atoms with Gasteiger partial charge in [0.2, 0.25) is 0 Å². The first kappa shape index (κ1) is 14.0. The third kappa shape index (κ3) is 4.35. The van der Waals surface area contributed by atoms with Crippen molar-refractivity contribution in [2.24, 2.45) is 0 Å². The third-order valence-electron chi connectivity index (χ3n) is 3.45. The minimum absolute atomic E-state index is 0.459. The first-order valence-corrected chi connectivity index (χ1v) is 7.70. The molecule has 3 nitrogen and oxygen atoms in total. The Morgan fingerprint density at radius 2 is 2.50 bits per heavy atom. The van der Waals surface area contributed by atoms with E-state index in [0.717, 1.165) is 26.2 Å². The summed E-state index contributed by atoms with van der Waals surface area (Å²) < 4.78 is 5.65. The fourth-order valence-corrected chi connectivity index (χ4v) is 3.10. The molecule has 1 aromatic heterocycles. The van der Waals surface area contributed by atoms with Gasteiger partial charge in [-0.05, 0) is 38.3 Å². The summed E-state index contributed by atoms with van der Waals surface area (Å²) in [6.07, 6.45) is 2.92. The van der Waals surface area contributed by atoms with E-state index < -0.39 is 0 Å². The minimum Gasteiger partial charge on any atom is -0.377 e. The SMILES string of the molecule is CC(NCCN(C)CC1CCCO1)c1cccs1. The lowest BCUT2D eigenvalue weighted by Crippen LogP contribution is -2.35. The van der Waals surface area contributed by atoms with Crippen LogP contribution in [0, 0.1) is 0 Å². The van der Waals surface area contributed by atoms with Crippen molar-refractivity contribution in [2.45, 2.75) is 31.9 Å². The van der Waals surface area contributed by atoms with Crippen LogP contribution in [0.25, 0.3) is 0 Å². The maximum absolute atomic E-state index is 5.65. The second-order valence-corrected chi connectivity index (χ2v) is 6.07. The van der Waals surface area contributed by atoms with Crippen LogP contribution in [0.15, 0.2) is 17.5 Å². The molecule has 1 aromatic rings. The second-order valence-electron chi connectivity index (χ2n) is 5.09. The van der Waals surface area contributed by atoms with Crippen LogP contribution in [-0.2, 0) is 4.74 Å². The van der Waals surface area contributed by atoms with Gasteiger partial charge >= 0.3 is 0 Å². The Bertz CT molecular complexity index is 323. The molecule has 18 heavy (non-hydrogen) atoms. The Balaban J connectivity index is 1.59. The van der Waals surface area contributed by atoms with Gasteiger partial charge < -0.3 is 15.0 Å². The number of nitrogens with zero attached hydrogens (tertiary/aromatic N) is 1. The van der Waals surface area contributed by atoms with Crippen LogP contribution in [0.2, 0.25) is 0 Å². The molecule has 0 bridgehead atoms. The fraction of sp³-hybridized carbons (Fsp3) is 0.714. The summed E-state index contributed by atoms with van der Waals surface area (Å²) in [6, 6.07) is 4.77. The summed E-state index contributed by atoms with van der Waals surface area (Å²) >= 11 is 1.82. The van der Waals surface area contributed by atoms with Gasteiger partial charge in [-0.3, -0.25) is 0 Å². The van der Waals surface area contributed by atoms with Crippen LogP contribution < -0.4 is 5.32 Å². The number of hydrogen-bond acceptors (Lipinski definition) is 4. The Labute approximate surface area is 114 Å². The van der Waals surface area contributed by atoms with Crippen LogP contribution >= 0.6 is 11.3 Å². The molecule has 0 spiro atoms. The average molecular weight is 268 g/mol. The summed E-state index contributed by atoms with van der Waals surface area (Å²) in [5.74, 6) is 0. The zero-order valence-corrected chi connectivity index (χ0v) is 12.2. The minimum atomic E-state index is 0.459. The van der Waals surface area contributed by atoms with Crippen molar-refractivity contribution >= 4 is 11.3 Å². The van der Waals surface area contributed by atoms with Gasteiger partial charge in [0, 0.05) is 37.2 Å². The lowest BCUT2D eigenvalue weighted by Gasteiger charge is -2.21. The third-order valence-corrected chi connectivity index (χ3v) is 4.51. The van der Waals surface area contributed by atoms with Crippen LogP contribution in [0.4, 0.5) is 0 Å². The Morgan fingerprint density at radius 3 is 3.17 bits per heavy atom. The van der Waals surface area contributed by atoms with E-state index in [9.17, 15) is 0 Å². The molecule has 2 atom stereocenters. The van der Waals surface area contributed by atoms with Gasteiger partial charge in [-0.2, -0.15) is 0 Å². The normalized spacial score (nSPS) is 21.6. The highest BCUT2D eigenvalue weighted by Crippen LogP contribution is 2.17. The van der Waals surface area contributed by atoms with E-state index in [4.69, 9.17) is 4.74 Å². The highest BCUT2D eigenvalue weighted by atomic mass is 32.1. The predicted molar refractivity (Wildman–Crippen MR) is 77.2 cm³/mol. The second kappa shape index (κ2) is 7.24. The van der Waals surface area contributed by atoms with Crippen molar-refractivity contribution in [3.63, 3.8) is 0 Å². The maximum Gasteiger partial charge on any atom is 0.0702 e. The van der Waals surface area contributed by atoms with Crippen molar-refractivity contribution < 1.29 is 4.74 Å². The highest BCUT2D eigenvalue weighted by Gasteiger charge is 2.17. The van der Waals surface area contributed by atoms with Crippen LogP contribution in [0.3, 0.4) is 0 Å². The van der Waals surface area contributed by atoms with Crippen molar-refractivity contribution in [3.05, 3.63) is 22.4 Å². The van der Waals surface area contributed by atoms with Crippen LogP contribution in [-0.4, -0.2) is 44.3 Å². The van der Waals surface area contributed by atoms with E-state index in [1.54, 1.807) is 0 Å². The highest BCUT2D eigenvalue weighted by molar-refractivity contribution is 7.10. The van der Waals surface area contributed by atoms with Crippen molar-refractivity contribution in [1.29, 1.82) is 0 Å². The zero-order chi connectivity index (χ0) is 12.8. The average Bonchev–Trinajstić information content (AvgIpc) is 3.00. The summed E-state index contributed by atoms with van der Waals surface area (Å²) in [5, 5.41) is 5.70. The number of rotatable bonds is 7. The van der Waals surface area contributed by atoms with Crippen molar-refractivity contribution in [1.82, 2.24) is 10.2 Å². The van der Waals surface area contributed by atoms with Gasteiger partial charge in [0.05, 0.1) is 6.10 Å². The Hall–Kier alpha value is -0.420. The lowest BCUT2D eigenvalue weighted by atomic mass is 10.2. The van der Waals surface area contributed by atoms with Gasteiger partial charge in [-0.1, -0.05) is 6.07 Å². The van der Waals surface area contributed by atoms with E-state index in [-0.39, 0.29) is 0 Å². The number of likely N-dealkylation sites (N-methyl/N-ethyl adjacent to an activating group) is 1. The van der Waals surface area contributed by atoms with Gasteiger partial charge in [-0.25, -0.2) is 0 Å². The largest absolute Gasteiger partial charge is 0.377 e. The molecule has 0 saturated carbocycles. The molecule has 0 aliphatic carbocycles. The van der Waals surface area contributed by atoms with Gasteiger partial charge in [0.1, 0.15) is 0 Å². The molecule has 1 saturated heterocycles. The van der Waals surface area contributed by atoms with E-state index in [2.05, 4.69) is 41.7 Å². The molecule has 4 heteroatoms. The molecular weight excluding hydrogens is 244 g/mol. The summed E-state index contributed by atoms with van der Waals surface area (Å²) in [7, 11) is 2.18. The van der Waals surface area contributed by atoms with Gasteiger partial charge in [0.25, 0.3) is 0 Å². The molecule has 2 rings (SSSR count). The number of nitrogens with one attached hydrogen (secondary N) is 1. The van der Waals surface area contributed by atoms with Crippen LogP contribution in [0.1, 0.15) is 30.7 Å². The molecule has 0 radical (unpaired) electrons. The van der Waals surface area contributed by atoms with Gasteiger partial charge in [0.15, 0.2) is 0 Å². The fourth-order valence-electron chi connectivity index (χ4n) is 2.34. The van der Waals surface area contributed by atoms with E-state index in [1.807, 2.05) is 11.3 Å². The lowest BCUT2D eigenvalue weighted by molar-refractivity contribution is 0.0813. The first-order valence-electron chi connectivity index (χ1n) is 6.82. The topological polar surface area (TPSA) is 24.5 Å². The standard InChI is InChI=1S/C14H24N2OS/c1-12(14-6-4-10-18-14)15-7-8-16(2)11-13-5-3-9-17-13/h4,6,10,12-13,15H,3,5,7-9,11H2,1-2H3. The quantitative estimate of drug-likeness (QED) is 0.822. The molecule has 2 heterocycles. The molecule has 1 aliphatic heterocycles. The summed E-state index contributed by atoms with van der Waals surface area (Å²) in [6.45, 7) is 6.35. The first-order chi connectivity index (χ1) is 8.75. The molecular formula is C14H24N2OS. The van der Waals surface area contributed by atoms with Gasteiger partial charge in [-0.15, -0.1) is 11.3 Å². The number of ether oxygens (including phenoxy) is 1. The molecule has 2 unspecified atom stereocenters. The number of hydrogen-bond donors (Lipinski definition) is 1. The van der Waals surface area contributed by atoms with E-state index in [1.165, 1.54) is 17.7 Å². The smallest absolute Gasteiger partial charge is 0.0702 e. The monoisotopic (exact) mass is 268 g/mol. The Kier molecular flexibility index (Phi) is 5.63. The van der Waals surface area contributed by atoms with Crippen LogP contribution in [0.5, 0.6) is 0 Å². The van der Waals surface area contributed by atoms with E-state index >= 15 is 0 Å². The van der Waals surface area contributed by atoms with Crippen molar-refractivity contribution in [2.75, 3.05) is 33.3 Å². The molecule has 1 fully saturated rings. The zero-order valence-electron chi connectivity index (χ0n) is 11.4. The predicted octanol–water partition coefficient (Wildman–Crippen LogP) is 2.51. The molecule has 0 aromatic carbocycles. The number of thiophene rings is 1. The molecule has 0 amide bonds. The molecule has 1 aliphatic rings. The van der Waals surface area contributed by atoms with Crippen molar-refractivity contribution in [3.8, 4) is 0 Å². The maximum atomic E-state index is 5.65. The molecule has 1 N–H and O–H groups in total.